The van der Waals surface area contributed by atoms with Crippen molar-refractivity contribution in [1.82, 2.24) is 14.5 Å². The summed E-state index contributed by atoms with van der Waals surface area (Å²) in [4.78, 5) is 32.1. The molecule has 1 fully saturated rings. The number of imidazole rings is 1. The summed E-state index contributed by atoms with van der Waals surface area (Å²) >= 11 is 0. The lowest BCUT2D eigenvalue weighted by molar-refractivity contribution is -0.139. The van der Waals surface area contributed by atoms with Gasteiger partial charge in [0, 0.05) is 31.0 Å². The fraction of sp³-hybridized carbons (Fsp3) is 0.300. The molecule has 1 aromatic heterocycles. The Morgan fingerprint density at radius 1 is 1.08 bits per heavy atom. The van der Waals surface area contributed by atoms with Crippen molar-refractivity contribution < 1.29 is 19.4 Å². The summed E-state index contributed by atoms with van der Waals surface area (Å²) in [5, 5.41) is 11.3. The van der Waals surface area contributed by atoms with Gasteiger partial charge in [-0.3, -0.25) is 9.59 Å². The summed E-state index contributed by atoms with van der Waals surface area (Å²) in [5.74, 6) is -0.874. The largest absolute Gasteiger partial charge is 0.507 e. The highest BCUT2D eigenvalue weighted by molar-refractivity contribution is 6.46. The number of aromatic nitrogens is 2. The lowest BCUT2D eigenvalue weighted by Crippen LogP contribution is -2.31. The predicted octanol–water partition coefficient (Wildman–Crippen LogP) is 5.26. The van der Waals surface area contributed by atoms with Gasteiger partial charge in [0.15, 0.2) is 0 Å². The van der Waals surface area contributed by atoms with Crippen molar-refractivity contribution in [3.05, 3.63) is 102 Å². The number of rotatable bonds is 9. The first-order valence-electron chi connectivity index (χ1n) is 12.4. The van der Waals surface area contributed by atoms with Crippen LogP contribution in [0.2, 0.25) is 0 Å². The molecule has 0 radical (unpaired) electrons. The van der Waals surface area contributed by atoms with Crippen molar-refractivity contribution in [2.45, 2.75) is 45.2 Å². The van der Waals surface area contributed by atoms with Crippen molar-refractivity contribution in [3.63, 3.8) is 0 Å². The third-order valence-electron chi connectivity index (χ3n) is 6.50. The van der Waals surface area contributed by atoms with Gasteiger partial charge < -0.3 is 19.3 Å². The number of nitrogens with zero attached hydrogens (tertiary/aromatic N) is 3. The number of carbonyl (C=O) groups is 2. The molecule has 1 aliphatic rings. The Hall–Kier alpha value is -4.13. The van der Waals surface area contributed by atoms with E-state index < -0.39 is 17.7 Å². The summed E-state index contributed by atoms with van der Waals surface area (Å²) in [5.41, 5.74) is 2.42. The molecule has 2 aromatic carbocycles. The number of ketones is 1. The van der Waals surface area contributed by atoms with Gasteiger partial charge in [0.1, 0.15) is 18.1 Å². The Kier molecular flexibility index (Phi) is 7.62. The molecule has 0 aliphatic carbocycles. The van der Waals surface area contributed by atoms with Gasteiger partial charge in [-0.25, -0.2) is 4.98 Å². The smallest absolute Gasteiger partial charge is 0.295 e. The van der Waals surface area contributed by atoms with Crippen LogP contribution in [0.3, 0.4) is 0 Å². The van der Waals surface area contributed by atoms with E-state index in [2.05, 4.69) is 32.3 Å². The van der Waals surface area contributed by atoms with Crippen LogP contribution in [-0.2, 0) is 21.5 Å². The number of Topliss-reactive ketones (excluding diaryl/α,β-unsaturated/α-hetero) is 1. The first kappa shape index (κ1) is 25.9. The second kappa shape index (κ2) is 10.9. The molecule has 0 saturated carbocycles. The Balaban J connectivity index is 1.71. The standard InChI is InChI=1S/C30H33N3O4/c1-5-19-37-24-13-9-22(10-14-24)27(34)25-26(21-7-11-23(12-8-21)30(2,3)4)33(29(36)28(25)35)17-6-16-32-18-15-31-20-32/h5,7-15,18,20,26,34H,1,6,16-17,19H2,2-4H3/t26-/m1/s1. The maximum atomic E-state index is 13.3. The van der Waals surface area contributed by atoms with Crippen LogP contribution in [0.1, 0.15) is 49.9 Å². The molecular weight excluding hydrogens is 466 g/mol. The number of aryl methyl sites for hydroxylation is 1. The number of aliphatic hydroxyl groups excluding tert-OH is 1. The third kappa shape index (κ3) is 5.66. The SMILES string of the molecule is C=CCOc1ccc(C(O)=C2C(=O)C(=O)N(CCCn3ccnc3)[C@@H]2c2ccc(C(C)(C)C)cc2)cc1. The van der Waals surface area contributed by atoms with Gasteiger partial charge in [-0.05, 0) is 47.2 Å². The Labute approximate surface area is 217 Å². The predicted molar refractivity (Wildman–Crippen MR) is 143 cm³/mol. The molecule has 2 heterocycles. The monoisotopic (exact) mass is 499 g/mol. The summed E-state index contributed by atoms with van der Waals surface area (Å²) in [6, 6.07) is 14.0. The number of hydrogen-bond acceptors (Lipinski definition) is 5. The molecule has 1 aliphatic heterocycles. The Morgan fingerprint density at radius 2 is 1.78 bits per heavy atom. The van der Waals surface area contributed by atoms with Gasteiger partial charge >= 0.3 is 0 Å². The van der Waals surface area contributed by atoms with Crippen LogP contribution in [0, 0.1) is 0 Å². The summed E-state index contributed by atoms with van der Waals surface area (Å²) in [6.07, 6.45) is 7.57. The maximum Gasteiger partial charge on any atom is 0.295 e. The number of hydrogen-bond donors (Lipinski definition) is 1. The quantitative estimate of drug-likeness (QED) is 0.188. The minimum absolute atomic E-state index is 0.0411. The first-order valence-corrected chi connectivity index (χ1v) is 12.4. The van der Waals surface area contributed by atoms with Crippen LogP contribution < -0.4 is 4.74 Å². The zero-order chi connectivity index (χ0) is 26.6. The Bertz CT molecular complexity index is 1280. The zero-order valence-corrected chi connectivity index (χ0v) is 21.6. The van der Waals surface area contributed by atoms with E-state index in [0.717, 1.165) is 11.1 Å². The fourth-order valence-electron chi connectivity index (χ4n) is 4.48. The Morgan fingerprint density at radius 3 is 2.38 bits per heavy atom. The topological polar surface area (TPSA) is 84.7 Å². The minimum atomic E-state index is -0.687. The number of benzene rings is 2. The van der Waals surface area contributed by atoms with Crippen molar-refractivity contribution in [1.29, 1.82) is 0 Å². The number of ether oxygens (including phenoxy) is 1. The lowest BCUT2D eigenvalue weighted by Gasteiger charge is -2.26. The van der Waals surface area contributed by atoms with E-state index in [1.165, 1.54) is 0 Å². The highest BCUT2D eigenvalue weighted by Crippen LogP contribution is 2.40. The molecule has 7 heteroatoms. The summed E-state index contributed by atoms with van der Waals surface area (Å²) < 4.78 is 7.45. The highest BCUT2D eigenvalue weighted by Gasteiger charge is 2.45. The molecule has 0 unspecified atom stereocenters. The van der Waals surface area contributed by atoms with E-state index in [4.69, 9.17) is 4.74 Å². The number of aliphatic hydroxyl groups is 1. The molecule has 1 saturated heterocycles. The van der Waals surface area contributed by atoms with E-state index in [0.29, 0.717) is 37.4 Å². The van der Waals surface area contributed by atoms with Crippen molar-refractivity contribution in [3.8, 4) is 5.75 Å². The molecular formula is C30H33N3O4. The average molecular weight is 500 g/mol. The fourth-order valence-corrected chi connectivity index (χ4v) is 4.48. The molecule has 37 heavy (non-hydrogen) atoms. The molecule has 192 valence electrons. The first-order chi connectivity index (χ1) is 17.7. The molecule has 1 N–H and O–H groups in total. The zero-order valence-electron chi connectivity index (χ0n) is 21.6. The van der Waals surface area contributed by atoms with Crippen LogP contribution in [0.15, 0.2) is 85.5 Å². The van der Waals surface area contributed by atoms with Crippen LogP contribution >= 0.6 is 0 Å². The number of likely N-dealkylation sites (tertiary alicyclic amines) is 1. The highest BCUT2D eigenvalue weighted by atomic mass is 16.5. The van der Waals surface area contributed by atoms with E-state index in [-0.39, 0.29) is 16.7 Å². The van der Waals surface area contributed by atoms with Gasteiger partial charge in [0.2, 0.25) is 0 Å². The van der Waals surface area contributed by atoms with Crippen LogP contribution in [0.25, 0.3) is 5.76 Å². The van der Waals surface area contributed by atoms with Gasteiger partial charge in [-0.2, -0.15) is 0 Å². The van der Waals surface area contributed by atoms with Crippen molar-refractivity contribution in [2.75, 3.05) is 13.2 Å². The van der Waals surface area contributed by atoms with Crippen LogP contribution in [0.5, 0.6) is 5.75 Å². The third-order valence-corrected chi connectivity index (χ3v) is 6.50. The molecule has 4 rings (SSSR count). The number of carbonyl (C=O) groups excluding carboxylic acids is 2. The molecule has 3 aromatic rings. The molecule has 1 amide bonds. The van der Waals surface area contributed by atoms with Crippen LogP contribution in [-0.4, -0.2) is 44.4 Å². The van der Waals surface area contributed by atoms with Gasteiger partial charge in [-0.1, -0.05) is 57.7 Å². The van der Waals surface area contributed by atoms with Crippen LogP contribution in [0.4, 0.5) is 0 Å². The summed E-state index contributed by atoms with van der Waals surface area (Å²) in [7, 11) is 0. The number of amides is 1. The van der Waals surface area contributed by atoms with Crippen molar-refractivity contribution in [2.24, 2.45) is 0 Å². The van der Waals surface area contributed by atoms with Gasteiger partial charge in [0.05, 0.1) is 17.9 Å². The van der Waals surface area contributed by atoms with E-state index in [1.807, 2.05) is 35.0 Å². The molecule has 1 atom stereocenters. The maximum absolute atomic E-state index is 13.3. The second-order valence-corrected chi connectivity index (χ2v) is 10.1. The minimum Gasteiger partial charge on any atom is -0.507 e. The van der Waals surface area contributed by atoms with E-state index in [1.54, 1.807) is 47.8 Å². The van der Waals surface area contributed by atoms with Gasteiger partial charge in [0.25, 0.3) is 11.7 Å². The second-order valence-electron chi connectivity index (χ2n) is 10.1. The van der Waals surface area contributed by atoms with Gasteiger partial charge in [-0.15, -0.1) is 0 Å². The lowest BCUT2D eigenvalue weighted by atomic mass is 9.85. The average Bonchev–Trinajstić information content (AvgIpc) is 3.49. The molecule has 7 nitrogen and oxygen atoms in total. The van der Waals surface area contributed by atoms with E-state index in [9.17, 15) is 14.7 Å². The molecule has 0 spiro atoms. The normalized spacial score (nSPS) is 17.3. The van der Waals surface area contributed by atoms with Crippen molar-refractivity contribution >= 4 is 17.4 Å². The molecule has 0 bridgehead atoms. The van der Waals surface area contributed by atoms with E-state index >= 15 is 0 Å². The summed E-state index contributed by atoms with van der Waals surface area (Å²) in [6.45, 7) is 11.4.